The molecule has 2 aromatic rings. The number of hydrogen-bond donors (Lipinski definition) is 1. The summed E-state index contributed by atoms with van der Waals surface area (Å²) in [5.74, 6) is 0.915. The van der Waals surface area contributed by atoms with Crippen molar-refractivity contribution in [2.24, 2.45) is 5.41 Å². The SMILES string of the molecule is CC(C)c1ccc(CN2CCCC3(CCN(CCc4cn[nH]c4)C3)C2=O)cc1. The van der Waals surface area contributed by atoms with Gasteiger partial charge in [0.05, 0.1) is 11.6 Å². The van der Waals surface area contributed by atoms with Gasteiger partial charge in [0.1, 0.15) is 0 Å². The van der Waals surface area contributed by atoms with E-state index in [9.17, 15) is 4.79 Å². The Morgan fingerprint density at radius 1 is 1.14 bits per heavy atom. The number of aromatic nitrogens is 2. The van der Waals surface area contributed by atoms with Gasteiger partial charge in [0.2, 0.25) is 5.91 Å². The van der Waals surface area contributed by atoms with Crippen LogP contribution in [-0.2, 0) is 17.8 Å². The standard InChI is InChI=1S/C23H32N4O/c1-18(2)21-6-4-19(5-7-21)16-27-11-3-9-23(22(27)28)10-13-26(17-23)12-8-20-14-24-25-15-20/h4-7,14-15,18H,3,8-13,16-17H2,1-2H3,(H,24,25). The predicted octanol–water partition coefficient (Wildman–Crippen LogP) is 3.59. The molecule has 1 unspecified atom stereocenters. The predicted molar refractivity (Wildman–Crippen MR) is 111 cm³/mol. The van der Waals surface area contributed by atoms with Crippen molar-refractivity contribution in [3.63, 3.8) is 0 Å². The number of benzene rings is 1. The van der Waals surface area contributed by atoms with Crippen molar-refractivity contribution >= 4 is 5.91 Å². The molecule has 1 atom stereocenters. The monoisotopic (exact) mass is 380 g/mol. The lowest BCUT2D eigenvalue weighted by Crippen LogP contribution is -2.49. The van der Waals surface area contributed by atoms with E-state index in [1.54, 1.807) is 0 Å². The minimum Gasteiger partial charge on any atom is -0.338 e. The van der Waals surface area contributed by atoms with E-state index in [4.69, 9.17) is 0 Å². The van der Waals surface area contributed by atoms with Crippen LogP contribution in [-0.4, -0.2) is 52.1 Å². The summed E-state index contributed by atoms with van der Waals surface area (Å²) in [7, 11) is 0. The molecule has 1 aromatic heterocycles. The van der Waals surface area contributed by atoms with Crippen LogP contribution in [0.25, 0.3) is 0 Å². The number of hydrogen-bond acceptors (Lipinski definition) is 3. The molecule has 1 spiro atoms. The van der Waals surface area contributed by atoms with Crippen LogP contribution in [0, 0.1) is 5.41 Å². The lowest BCUT2D eigenvalue weighted by molar-refractivity contribution is -0.146. The van der Waals surface area contributed by atoms with Crippen LogP contribution in [0.5, 0.6) is 0 Å². The maximum atomic E-state index is 13.4. The van der Waals surface area contributed by atoms with Gasteiger partial charge in [-0.2, -0.15) is 5.10 Å². The number of nitrogens with one attached hydrogen (secondary N) is 1. The Kier molecular flexibility index (Phi) is 5.54. The van der Waals surface area contributed by atoms with Crippen LogP contribution in [0.15, 0.2) is 36.7 Å². The molecule has 2 aliphatic heterocycles. The Bertz CT molecular complexity index is 783. The summed E-state index contributed by atoms with van der Waals surface area (Å²) in [6.07, 6.45) is 8.00. The summed E-state index contributed by atoms with van der Waals surface area (Å²) in [4.78, 5) is 18.0. The normalized spacial score (nSPS) is 23.2. The van der Waals surface area contributed by atoms with Crippen molar-refractivity contribution in [1.29, 1.82) is 0 Å². The number of carbonyl (C=O) groups excluding carboxylic acids is 1. The minimum atomic E-state index is -0.160. The number of carbonyl (C=O) groups is 1. The fourth-order valence-electron chi connectivity index (χ4n) is 4.76. The highest BCUT2D eigenvalue weighted by Crippen LogP contribution is 2.40. The third kappa shape index (κ3) is 4.00. The maximum absolute atomic E-state index is 13.4. The Hall–Kier alpha value is -2.14. The van der Waals surface area contributed by atoms with Gasteiger partial charge in [0.25, 0.3) is 0 Å². The largest absolute Gasteiger partial charge is 0.338 e. The highest BCUT2D eigenvalue weighted by atomic mass is 16.2. The highest BCUT2D eigenvalue weighted by Gasteiger charge is 2.47. The molecular formula is C23H32N4O. The molecule has 2 aliphatic rings. The highest BCUT2D eigenvalue weighted by molar-refractivity contribution is 5.84. The van der Waals surface area contributed by atoms with Gasteiger partial charge in [-0.1, -0.05) is 38.1 Å². The second-order valence-corrected chi connectivity index (χ2v) is 8.89. The Morgan fingerprint density at radius 3 is 2.68 bits per heavy atom. The molecule has 28 heavy (non-hydrogen) atoms. The zero-order valence-corrected chi connectivity index (χ0v) is 17.2. The van der Waals surface area contributed by atoms with E-state index >= 15 is 0 Å². The van der Waals surface area contributed by atoms with Crippen LogP contribution >= 0.6 is 0 Å². The first-order valence-corrected chi connectivity index (χ1v) is 10.6. The second kappa shape index (κ2) is 8.08. The van der Waals surface area contributed by atoms with Gasteiger partial charge in [0.15, 0.2) is 0 Å². The van der Waals surface area contributed by atoms with Crippen molar-refractivity contribution in [1.82, 2.24) is 20.0 Å². The summed E-state index contributed by atoms with van der Waals surface area (Å²) in [6, 6.07) is 8.79. The van der Waals surface area contributed by atoms with Crippen LogP contribution in [0.2, 0.25) is 0 Å². The zero-order valence-electron chi connectivity index (χ0n) is 17.2. The van der Waals surface area contributed by atoms with E-state index in [0.29, 0.717) is 11.8 Å². The molecule has 5 nitrogen and oxygen atoms in total. The van der Waals surface area contributed by atoms with E-state index in [1.807, 2.05) is 12.4 Å². The maximum Gasteiger partial charge on any atom is 0.230 e. The molecule has 0 aliphatic carbocycles. The number of nitrogens with zero attached hydrogens (tertiary/aromatic N) is 3. The molecule has 150 valence electrons. The lowest BCUT2D eigenvalue weighted by atomic mass is 9.78. The van der Waals surface area contributed by atoms with Gasteiger partial charge in [-0.3, -0.25) is 9.89 Å². The molecule has 2 fully saturated rings. The van der Waals surface area contributed by atoms with Gasteiger partial charge in [-0.15, -0.1) is 0 Å². The van der Waals surface area contributed by atoms with E-state index < -0.39 is 0 Å². The van der Waals surface area contributed by atoms with Crippen LogP contribution in [0.1, 0.15) is 55.7 Å². The van der Waals surface area contributed by atoms with E-state index in [2.05, 4.69) is 58.1 Å². The number of likely N-dealkylation sites (tertiary alicyclic amines) is 2. The summed E-state index contributed by atoms with van der Waals surface area (Å²) in [5, 5.41) is 6.90. The Morgan fingerprint density at radius 2 is 1.96 bits per heavy atom. The molecular weight excluding hydrogens is 348 g/mol. The molecule has 0 radical (unpaired) electrons. The van der Waals surface area contributed by atoms with Crippen LogP contribution < -0.4 is 0 Å². The van der Waals surface area contributed by atoms with E-state index in [1.165, 1.54) is 16.7 Å². The number of aromatic amines is 1. The van der Waals surface area contributed by atoms with Crippen molar-refractivity contribution in [3.8, 4) is 0 Å². The van der Waals surface area contributed by atoms with Gasteiger partial charge in [0, 0.05) is 32.4 Å². The molecule has 0 bridgehead atoms. The molecule has 1 amide bonds. The van der Waals surface area contributed by atoms with Gasteiger partial charge in [-0.05, 0) is 54.8 Å². The summed E-state index contributed by atoms with van der Waals surface area (Å²) in [5.41, 5.74) is 3.67. The molecule has 1 N–H and O–H groups in total. The zero-order chi connectivity index (χ0) is 19.6. The molecule has 5 heteroatoms. The van der Waals surface area contributed by atoms with Gasteiger partial charge < -0.3 is 9.80 Å². The molecule has 1 aromatic carbocycles. The van der Waals surface area contributed by atoms with Crippen molar-refractivity contribution in [2.75, 3.05) is 26.2 Å². The van der Waals surface area contributed by atoms with Crippen LogP contribution in [0.3, 0.4) is 0 Å². The summed E-state index contributed by atoms with van der Waals surface area (Å²) >= 11 is 0. The molecule has 3 heterocycles. The topological polar surface area (TPSA) is 52.2 Å². The third-order valence-electron chi connectivity index (χ3n) is 6.55. The first kappa shape index (κ1) is 19.2. The van der Waals surface area contributed by atoms with Crippen molar-refractivity contribution in [3.05, 3.63) is 53.3 Å². The van der Waals surface area contributed by atoms with Gasteiger partial charge in [-0.25, -0.2) is 0 Å². The Balaban J connectivity index is 1.37. The van der Waals surface area contributed by atoms with E-state index in [-0.39, 0.29) is 5.41 Å². The van der Waals surface area contributed by atoms with Crippen molar-refractivity contribution < 1.29 is 4.79 Å². The number of piperidine rings is 1. The fraction of sp³-hybridized carbons (Fsp3) is 0.565. The smallest absolute Gasteiger partial charge is 0.230 e. The van der Waals surface area contributed by atoms with Crippen molar-refractivity contribution in [2.45, 2.75) is 52.0 Å². The summed E-state index contributed by atoms with van der Waals surface area (Å²) in [6.45, 7) is 9.00. The molecule has 4 rings (SSSR count). The number of amides is 1. The summed E-state index contributed by atoms with van der Waals surface area (Å²) < 4.78 is 0. The average Bonchev–Trinajstić information content (AvgIpc) is 3.35. The van der Waals surface area contributed by atoms with Gasteiger partial charge >= 0.3 is 0 Å². The quantitative estimate of drug-likeness (QED) is 0.833. The Labute approximate surface area is 168 Å². The first-order valence-electron chi connectivity index (χ1n) is 10.6. The van der Waals surface area contributed by atoms with E-state index in [0.717, 1.165) is 58.4 Å². The second-order valence-electron chi connectivity index (χ2n) is 8.89. The first-order chi connectivity index (χ1) is 13.6. The fourth-order valence-corrected chi connectivity index (χ4v) is 4.76. The number of rotatable bonds is 6. The molecule has 0 saturated carbocycles. The minimum absolute atomic E-state index is 0.160. The molecule has 2 saturated heterocycles. The third-order valence-corrected chi connectivity index (χ3v) is 6.55. The van der Waals surface area contributed by atoms with Crippen LogP contribution in [0.4, 0.5) is 0 Å². The average molecular weight is 381 g/mol. The lowest BCUT2D eigenvalue weighted by Gasteiger charge is -2.39. The number of H-pyrrole nitrogens is 1.